The molecule has 7 heteroatoms. The van der Waals surface area contributed by atoms with Crippen LogP contribution in [0.15, 0.2) is 30.3 Å². The molecule has 2 N–H and O–H groups in total. The van der Waals surface area contributed by atoms with Gasteiger partial charge in [0.05, 0.1) is 6.61 Å². The predicted molar refractivity (Wildman–Crippen MR) is 109 cm³/mol. The van der Waals surface area contributed by atoms with Crippen molar-refractivity contribution in [2.45, 2.75) is 20.8 Å². The van der Waals surface area contributed by atoms with E-state index in [0.29, 0.717) is 18.2 Å². The molecule has 0 saturated carbocycles. The van der Waals surface area contributed by atoms with Crippen molar-refractivity contribution in [3.63, 3.8) is 0 Å². The van der Waals surface area contributed by atoms with E-state index in [9.17, 15) is 0 Å². The summed E-state index contributed by atoms with van der Waals surface area (Å²) in [6.07, 6.45) is 0. The number of ether oxygens (including phenoxy) is 1. The van der Waals surface area contributed by atoms with Crippen LogP contribution in [0.25, 0.3) is 11.4 Å². The van der Waals surface area contributed by atoms with Gasteiger partial charge in [-0.2, -0.15) is 5.10 Å². The maximum atomic E-state index is 5.20. The van der Waals surface area contributed by atoms with Gasteiger partial charge in [0.15, 0.2) is 11.6 Å². The molecule has 2 aromatic heterocycles. The molecule has 3 rings (SSSR count). The number of likely N-dealkylation sites (N-methyl/N-ethyl adjacent to an activating group) is 1. The van der Waals surface area contributed by atoms with Gasteiger partial charge in [-0.1, -0.05) is 17.7 Å². The monoisotopic (exact) mass is 366 g/mol. The smallest absolute Gasteiger partial charge is 0.164 e. The number of aryl methyl sites for hydroxylation is 3. The highest BCUT2D eigenvalue weighted by atomic mass is 16.5. The number of benzene rings is 1. The molecular weight excluding hydrogens is 340 g/mol. The standard InChI is InChI=1S/C20H26N6O/c1-13-6-7-14(2)16(10-13)20-22-17(21-18-11-15(3)24-25-18)12-19(23-20)26(4)8-9-27-5/h6-7,10-12H,8-9H2,1-5H3,(H2,21,22,23,24,25). The third-order valence-corrected chi connectivity index (χ3v) is 4.33. The molecule has 0 radical (unpaired) electrons. The first kappa shape index (κ1) is 18.8. The summed E-state index contributed by atoms with van der Waals surface area (Å²) in [6.45, 7) is 7.47. The highest BCUT2D eigenvalue weighted by Gasteiger charge is 2.13. The molecule has 0 unspecified atom stereocenters. The molecule has 0 fully saturated rings. The van der Waals surface area contributed by atoms with Gasteiger partial charge < -0.3 is 15.0 Å². The van der Waals surface area contributed by atoms with E-state index in [0.717, 1.165) is 35.0 Å². The fourth-order valence-corrected chi connectivity index (χ4v) is 2.75. The average molecular weight is 366 g/mol. The SMILES string of the molecule is COCCN(C)c1cc(Nc2cc(C)[nH]n2)nc(-c2cc(C)ccc2C)n1. The Balaban J connectivity index is 2.03. The van der Waals surface area contributed by atoms with E-state index in [-0.39, 0.29) is 0 Å². The van der Waals surface area contributed by atoms with Gasteiger partial charge in [-0.05, 0) is 32.4 Å². The second kappa shape index (κ2) is 8.18. The molecule has 142 valence electrons. The van der Waals surface area contributed by atoms with Crippen molar-refractivity contribution in [2.75, 3.05) is 37.5 Å². The number of hydrogen-bond donors (Lipinski definition) is 2. The number of hydrogen-bond acceptors (Lipinski definition) is 6. The van der Waals surface area contributed by atoms with Gasteiger partial charge in [0.25, 0.3) is 0 Å². The van der Waals surface area contributed by atoms with E-state index in [1.807, 2.05) is 26.1 Å². The zero-order valence-corrected chi connectivity index (χ0v) is 16.5. The predicted octanol–water partition coefficient (Wildman–Crippen LogP) is 3.62. The van der Waals surface area contributed by atoms with Crippen molar-refractivity contribution >= 4 is 17.5 Å². The Kier molecular flexibility index (Phi) is 5.71. The van der Waals surface area contributed by atoms with Crippen LogP contribution < -0.4 is 10.2 Å². The highest BCUT2D eigenvalue weighted by molar-refractivity contribution is 5.67. The van der Waals surface area contributed by atoms with Crippen molar-refractivity contribution in [3.8, 4) is 11.4 Å². The second-order valence-corrected chi connectivity index (χ2v) is 6.73. The zero-order valence-electron chi connectivity index (χ0n) is 16.5. The minimum Gasteiger partial charge on any atom is -0.383 e. The topological polar surface area (TPSA) is 79.0 Å². The zero-order chi connectivity index (χ0) is 19.4. The summed E-state index contributed by atoms with van der Waals surface area (Å²) >= 11 is 0. The molecule has 1 aromatic carbocycles. The average Bonchev–Trinajstić information content (AvgIpc) is 3.06. The summed E-state index contributed by atoms with van der Waals surface area (Å²) in [6, 6.07) is 10.2. The molecule has 7 nitrogen and oxygen atoms in total. The number of anilines is 3. The van der Waals surface area contributed by atoms with Crippen LogP contribution >= 0.6 is 0 Å². The lowest BCUT2D eigenvalue weighted by atomic mass is 10.1. The van der Waals surface area contributed by atoms with Crippen LogP contribution in [0.3, 0.4) is 0 Å². The molecule has 27 heavy (non-hydrogen) atoms. The Hall–Kier alpha value is -2.93. The quantitative estimate of drug-likeness (QED) is 0.665. The first-order valence-corrected chi connectivity index (χ1v) is 8.92. The van der Waals surface area contributed by atoms with E-state index < -0.39 is 0 Å². The number of methoxy groups -OCH3 is 1. The van der Waals surface area contributed by atoms with Crippen LogP contribution in [0.4, 0.5) is 17.5 Å². The van der Waals surface area contributed by atoms with Crippen molar-refractivity contribution in [1.82, 2.24) is 20.2 Å². The molecule has 0 aliphatic rings. The Bertz CT molecular complexity index is 921. The van der Waals surface area contributed by atoms with Gasteiger partial charge in [-0.25, -0.2) is 9.97 Å². The van der Waals surface area contributed by atoms with Crippen LogP contribution in [0.5, 0.6) is 0 Å². The van der Waals surface area contributed by atoms with Gasteiger partial charge >= 0.3 is 0 Å². The summed E-state index contributed by atoms with van der Waals surface area (Å²) in [4.78, 5) is 11.6. The lowest BCUT2D eigenvalue weighted by molar-refractivity contribution is 0.206. The summed E-state index contributed by atoms with van der Waals surface area (Å²) < 4.78 is 5.20. The summed E-state index contributed by atoms with van der Waals surface area (Å²) in [5.41, 5.74) is 4.32. The molecule has 0 saturated heterocycles. The summed E-state index contributed by atoms with van der Waals surface area (Å²) in [5, 5.41) is 10.4. The lowest BCUT2D eigenvalue weighted by Gasteiger charge is -2.19. The Labute approximate surface area is 159 Å². The number of aromatic nitrogens is 4. The fourth-order valence-electron chi connectivity index (χ4n) is 2.75. The maximum absolute atomic E-state index is 5.20. The van der Waals surface area contributed by atoms with Crippen molar-refractivity contribution in [3.05, 3.63) is 47.2 Å². The fraction of sp³-hybridized carbons (Fsp3) is 0.350. The minimum atomic E-state index is 0.626. The molecule has 2 heterocycles. The van der Waals surface area contributed by atoms with Crippen LogP contribution in [-0.2, 0) is 4.74 Å². The largest absolute Gasteiger partial charge is 0.383 e. The first-order valence-electron chi connectivity index (χ1n) is 8.92. The van der Waals surface area contributed by atoms with Gasteiger partial charge in [-0.15, -0.1) is 0 Å². The number of nitrogens with zero attached hydrogens (tertiary/aromatic N) is 4. The Morgan fingerprint density at radius 2 is 1.89 bits per heavy atom. The molecule has 0 atom stereocenters. The molecule has 0 bridgehead atoms. The van der Waals surface area contributed by atoms with Gasteiger partial charge in [0.1, 0.15) is 11.6 Å². The number of aromatic amines is 1. The molecular formula is C20H26N6O. The van der Waals surface area contributed by atoms with E-state index in [4.69, 9.17) is 14.7 Å². The van der Waals surface area contributed by atoms with E-state index >= 15 is 0 Å². The van der Waals surface area contributed by atoms with Crippen LogP contribution in [0.1, 0.15) is 16.8 Å². The minimum absolute atomic E-state index is 0.626. The Morgan fingerprint density at radius 3 is 2.59 bits per heavy atom. The van der Waals surface area contributed by atoms with Crippen LogP contribution in [-0.4, -0.2) is 47.5 Å². The summed E-state index contributed by atoms with van der Waals surface area (Å²) in [7, 11) is 3.69. The van der Waals surface area contributed by atoms with Crippen molar-refractivity contribution in [2.24, 2.45) is 0 Å². The van der Waals surface area contributed by atoms with Gasteiger partial charge in [0.2, 0.25) is 0 Å². The molecule has 0 spiro atoms. The molecule has 0 amide bonds. The number of nitrogens with one attached hydrogen (secondary N) is 2. The molecule has 0 aliphatic carbocycles. The van der Waals surface area contributed by atoms with E-state index in [1.165, 1.54) is 5.56 Å². The number of rotatable bonds is 7. The van der Waals surface area contributed by atoms with Crippen LogP contribution in [0, 0.1) is 20.8 Å². The molecule has 0 aliphatic heterocycles. The first-order chi connectivity index (χ1) is 13.0. The Morgan fingerprint density at radius 1 is 1.07 bits per heavy atom. The van der Waals surface area contributed by atoms with Gasteiger partial charge in [0, 0.05) is 44.1 Å². The maximum Gasteiger partial charge on any atom is 0.164 e. The number of H-pyrrole nitrogens is 1. The third kappa shape index (κ3) is 4.62. The summed E-state index contributed by atoms with van der Waals surface area (Å²) in [5.74, 6) is 2.94. The second-order valence-electron chi connectivity index (χ2n) is 6.73. The van der Waals surface area contributed by atoms with Crippen molar-refractivity contribution < 1.29 is 4.74 Å². The lowest BCUT2D eigenvalue weighted by Crippen LogP contribution is -2.23. The highest BCUT2D eigenvalue weighted by Crippen LogP contribution is 2.26. The third-order valence-electron chi connectivity index (χ3n) is 4.33. The van der Waals surface area contributed by atoms with E-state index in [2.05, 4.69) is 52.5 Å². The van der Waals surface area contributed by atoms with Gasteiger partial charge in [-0.3, -0.25) is 5.10 Å². The van der Waals surface area contributed by atoms with Crippen LogP contribution in [0.2, 0.25) is 0 Å². The van der Waals surface area contributed by atoms with E-state index in [1.54, 1.807) is 7.11 Å². The van der Waals surface area contributed by atoms with Crippen molar-refractivity contribution in [1.29, 1.82) is 0 Å². The molecule has 3 aromatic rings. The normalized spacial score (nSPS) is 10.9.